The van der Waals surface area contributed by atoms with Crippen molar-refractivity contribution in [3.8, 4) is 0 Å². The van der Waals surface area contributed by atoms with Crippen LogP contribution in [0.5, 0.6) is 0 Å². The molecule has 3 rings (SSSR count). The fourth-order valence-electron chi connectivity index (χ4n) is 2.07. The van der Waals surface area contributed by atoms with Crippen LogP contribution in [-0.2, 0) is 0 Å². The van der Waals surface area contributed by atoms with Gasteiger partial charge in [-0.3, -0.25) is 4.79 Å². The van der Waals surface area contributed by atoms with Gasteiger partial charge in [0.05, 0.1) is 0 Å². The van der Waals surface area contributed by atoms with Crippen molar-refractivity contribution in [2.45, 2.75) is 42.8 Å². The van der Waals surface area contributed by atoms with E-state index >= 15 is 0 Å². The highest BCUT2D eigenvalue weighted by Crippen LogP contribution is 2.40. The number of nitrogens with zero attached hydrogens (tertiary/aromatic N) is 3. The van der Waals surface area contributed by atoms with Gasteiger partial charge in [0, 0.05) is 30.3 Å². The van der Waals surface area contributed by atoms with Crippen LogP contribution in [0.2, 0.25) is 0 Å². The maximum atomic E-state index is 11.5. The Kier molecular flexibility index (Phi) is 3.67. The zero-order valence-corrected chi connectivity index (χ0v) is 13.0. The normalized spacial score (nSPS) is 14.2. The summed E-state index contributed by atoms with van der Waals surface area (Å²) in [5.74, 6) is 2.19. The molecule has 0 aliphatic heterocycles. The number of aromatic nitrogens is 4. The number of rotatable bonds is 4. The summed E-state index contributed by atoms with van der Waals surface area (Å²) in [5, 5.41) is 4.51. The van der Waals surface area contributed by atoms with E-state index in [-0.39, 0.29) is 5.56 Å². The SMILES string of the molecule is CNc1nc(C2CC2)nc(Sc2nc(C)cc(=O)[nH]2)c1C. The first-order valence-corrected chi connectivity index (χ1v) is 7.70. The molecular weight excluding hydrogens is 286 g/mol. The molecule has 2 heterocycles. The Balaban J connectivity index is 2.00. The molecule has 2 aromatic rings. The highest BCUT2D eigenvalue weighted by Gasteiger charge is 2.28. The van der Waals surface area contributed by atoms with Gasteiger partial charge in [-0.1, -0.05) is 0 Å². The molecule has 0 atom stereocenters. The number of anilines is 1. The summed E-state index contributed by atoms with van der Waals surface area (Å²) in [5.41, 5.74) is 1.52. The molecule has 6 nitrogen and oxygen atoms in total. The van der Waals surface area contributed by atoms with E-state index in [1.165, 1.54) is 17.8 Å². The molecule has 1 aliphatic carbocycles. The van der Waals surface area contributed by atoms with Gasteiger partial charge in [-0.05, 0) is 38.5 Å². The second kappa shape index (κ2) is 5.48. The number of hydrogen-bond acceptors (Lipinski definition) is 6. The summed E-state index contributed by atoms with van der Waals surface area (Å²) in [4.78, 5) is 27.8. The van der Waals surface area contributed by atoms with Gasteiger partial charge >= 0.3 is 0 Å². The maximum absolute atomic E-state index is 11.5. The molecule has 2 N–H and O–H groups in total. The Morgan fingerprint density at radius 3 is 2.67 bits per heavy atom. The van der Waals surface area contributed by atoms with Crippen LogP contribution in [0, 0.1) is 13.8 Å². The lowest BCUT2D eigenvalue weighted by Crippen LogP contribution is -2.09. The lowest BCUT2D eigenvalue weighted by Gasteiger charge is -2.11. The van der Waals surface area contributed by atoms with Crippen LogP contribution >= 0.6 is 11.8 Å². The van der Waals surface area contributed by atoms with Crippen molar-refractivity contribution >= 4 is 17.6 Å². The minimum absolute atomic E-state index is 0.145. The summed E-state index contributed by atoms with van der Waals surface area (Å²) < 4.78 is 0. The van der Waals surface area contributed by atoms with Crippen LogP contribution in [0.1, 0.15) is 35.8 Å². The minimum atomic E-state index is -0.145. The Hall–Kier alpha value is -1.89. The first-order chi connectivity index (χ1) is 10.1. The second-order valence-corrected chi connectivity index (χ2v) is 6.16. The van der Waals surface area contributed by atoms with E-state index in [0.29, 0.717) is 16.8 Å². The Bertz CT molecular complexity index is 739. The standard InChI is InChI=1S/C14H17N5OS/c1-7-6-10(20)17-14(16-7)21-13-8(2)11(15-3)18-12(19-13)9-4-5-9/h6,9H,4-5H2,1-3H3,(H,15,18,19)(H,16,17,20). The average molecular weight is 303 g/mol. The fraction of sp³-hybridized carbons (Fsp3) is 0.429. The van der Waals surface area contributed by atoms with Crippen LogP contribution in [0.4, 0.5) is 5.82 Å². The van der Waals surface area contributed by atoms with Crippen LogP contribution in [-0.4, -0.2) is 27.0 Å². The zero-order chi connectivity index (χ0) is 15.0. The lowest BCUT2D eigenvalue weighted by atomic mass is 10.3. The van der Waals surface area contributed by atoms with Crippen molar-refractivity contribution < 1.29 is 0 Å². The Labute approximate surface area is 126 Å². The van der Waals surface area contributed by atoms with Crippen molar-refractivity contribution in [2.24, 2.45) is 0 Å². The van der Waals surface area contributed by atoms with E-state index in [9.17, 15) is 4.79 Å². The Morgan fingerprint density at radius 2 is 2.05 bits per heavy atom. The molecule has 0 unspecified atom stereocenters. The number of aromatic amines is 1. The second-order valence-electron chi connectivity index (χ2n) is 5.18. The van der Waals surface area contributed by atoms with E-state index in [1.54, 1.807) is 6.92 Å². The molecule has 1 fully saturated rings. The zero-order valence-electron chi connectivity index (χ0n) is 12.2. The van der Waals surface area contributed by atoms with E-state index < -0.39 is 0 Å². The molecule has 0 bridgehead atoms. The molecule has 21 heavy (non-hydrogen) atoms. The van der Waals surface area contributed by atoms with Crippen molar-refractivity contribution in [1.29, 1.82) is 0 Å². The molecule has 7 heteroatoms. The summed E-state index contributed by atoms with van der Waals surface area (Å²) >= 11 is 1.37. The minimum Gasteiger partial charge on any atom is -0.373 e. The molecule has 0 aromatic carbocycles. The van der Waals surface area contributed by atoms with Crippen LogP contribution < -0.4 is 10.9 Å². The summed E-state index contributed by atoms with van der Waals surface area (Å²) in [7, 11) is 1.85. The van der Waals surface area contributed by atoms with Gasteiger partial charge in [-0.15, -0.1) is 0 Å². The van der Waals surface area contributed by atoms with Crippen molar-refractivity contribution in [3.63, 3.8) is 0 Å². The average Bonchev–Trinajstić information content (AvgIpc) is 3.24. The van der Waals surface area contributed by atoms with Crippen molar-refractivity contribution in [1.82, 2.24) is 19.9 Å². The molecule has 0 radical (unpaired) electrons. The molecule has 2 aromatic heterocycles. The van der Waals surface area contributed by atoms with Crippen LogP contribution in [0.25, 0.3) is 0 Å². The molecule has 1 aliphatic rings. The van der Waals surface area contributed by atoms with Gasteiger partial charge in [0.2, 0.25) is 0 Å². The fourth-order valence-corrected chi connectivity index (χ4v) is 2.98. The number of nitrogens with one attached hydrogen (secondary N) is 2. The van der Waals surface area contributed by atoms with E-state index in [4.69, 9.17) is 0 Å². The largest absolute Gasteiger partial charge is 0.373 e. The monoisotopic (exact) mass is 303 g/mol. The summed E-state index contributed by atoms with van der Waals surface area (Å²) in [6, 6.07) is 1.48. The smallest absolute Gasteiger partial charge is 0.251 e. The highest BCUT2D eigenvalue weighted by molar-refractivity contribution is 7.99. The van der Waals surface area contributed by atoms with Crippen molar-refractivity contribution in [3.05, 3.63) is 33.5 Å². The predicted molar refractivity (Wildman–Crippen MR) is 82.0 cm³/mol. The van der Waals surface area contributed by atoms with Gasteiger partial charge in [0.25, 0.3) is 5.56 Å². The van der Waals surface area contributed by atoms with Crippen LogP contribution in [0.3, 0.4) is 0 Å². The number of H-pyrrole nitrogens is 1. The highest BCUT2D eigenvalue weighted by atomic mass is 32.2. The topological polar surface area (TPSA) is 83.6 Å². The van der Waals surface area contributed by atoms with Crippen molar-refractivity contribution in [2.75, 3.05) is 12.4 Å². The third-order valence-corrected chi connectivity index (χ3v) is 4.32. The number of hydrogen-bond donors (Lipinski definition) is 2. The molecule has 110 valence electrons. The predicted octanol–water partition coefficient (Wildman–Crippen LogP) is 2.25. The third kappa shape index (κ3) is 3.07. The Morgan fingerprint density at radius 1 is 1.29 bits per heavy atom. The van der Waals surface area contributed by atoms with Crippen LogP contribution in [0.15, 0.2) is 21.0 Å². The van der Waals surface area contributed by atoms with Gasteiger partial charge in [0.1, 0.15) is 16.7 Å². The van der Waals surface area contributed by atoms with Gasteiger partial charge < -0.3 is 10.3 Å². The van der Waals surface area contributed by atoms with E-state index in [2.05, 4.69) is 25.3 Å². The third-order valence-electron chi connectivity index (χ3n) is 3.34. The molecule has 0 saturated heterocycles. The number of aryl methyl sites for hydroxylation is 1. The lowest BCUT2D eigenvalue weighted by molar-refractivity contribution is 0.854. The van der Waals surface area contributed by atoms with E-state index in [1.807, 2.05) is 14.0 Å². The van der Waals surface area contributed by atoms with Gasteiger partial charge in [-0.2, -0.15) is 0 Å². The first-order valence-electron chi connectivity index (χ1n) is 6.89. The van der Waals surface area contributed by atoms with E-state index in [0.717, 1.165) is 35.1 Å². The quantitative estimate of drug-likeness (QED) is 0.666. The summed E-state index contributed by atoms with van der Waals surface area (Å²) in [6.45, 7) is 3.78. The maximum Gasteiger partial charge on any atom is 0.251 e. The van der Waals surface area contributed by atoms with Gasteiger partial charge in [0.15, 0.2) is 5.16 Å². The molecule has 1 saturated carbocycles. The first kappa shape index (κ1) is 14.1. The van der Waals surface area contributed by atoms with Gasteiger partial charge in [-0.25, -0.2) is 15.0 Å². The summed E-state index contributed by atoms with van der Waals surface area (Å²) in [6.07, 6.45) is 2.30. The molecule has 0 spiro atoms. The molecular formula is C14H17N5OS. The molecule has 0 amide bonds.